The van der Waals surface area contributed by atoms with Crippen LogP contribution >= 0.6 is 15.9 Å². The molecule has 2 nitrogen and oxygen atoms in total. The zero-order chi connectivity index (χ0) is 26.2. The number of hydrogen-bond donors (Lipinski definition) is 0. The maximum absolute atomic E-state index is 5.06. The van der Waals surface area contributed by atoms with Crippen LogP contribution < -0.4 is 0 Å². The Balaban J connectivity index is 1.45. The van der Waals surface area contributed by atoms with E-state index in [1.165, 1.54) is 27.1 Å². The zero-order valence-corrected chi connectivity index (χ0v) is 22.6. The summed E-state index contributed by atoms with van der Waals surface area (Å²) in [6.45, 7) is 0. The number of rotatable bonds is 4. The van der Waals surface area contributed by atoms with Crippen molar-refractivity contribution in [3.8, 4) is 45.0 Å². The van der Waals surface area contributed by atoms with Gasteiger partial charge in [0.1, 0.15) is 0 Å². The van der Waals surface area contributed by atoms with E-state index in [1.54, 1.807) is 0 Å². The molecule has 0 fully saturated rings. The fraction of sp³-hybridized carbons (Fsp3) is 0. The van der Waals surface area contributed by atoms with Crippen LogP contribution in [0.1, 0.15) is 0 Å². The summed E-state index contributed by atoms with van der Waals surface area (Å²) < 4.78 is 0.988. The molecule has 7 rings (SSSR count). The molecule has 0 spiro atoms. The predicted molar refractivity (Wildman–Crippen MR) is 166 cm³/mol. The summed E-state index contributed by atoms with van der Waals surface area (Å²) in [4.78, 5) is 10.1. The summed E-state index contributed by atoms with van der Waals surface area (Å²) in [5, 5.41) is 4.96. The fourth-order valence-electron chi connectivity index (χ4n) is 5.26. The van der Waals surface area contributed by atoms with Crippen LogP contribution in [0.3, 0.4) is 0 Å². The molecule has 0 atom stereocenters. The topological polar surface area (TPSA) is 25.8 Å². The molecule has 7 aromatic rings. The lowest BCUT2D eigenvalue weighted by molar-refractivity contribution is 1.18. The summed E-state index contributed by atoms with van der Waals surface area (Å²) in [5.41, 5.74) is 7.20. The Kier molecular flexibility index (Phi) is 5.99. The van der Waals surface area contributed by atoms with Gasteiger partial charge in [-0.05, 0) is 63.0 Å². The summed E-state index contributed by atoms with van der Waals surface area (Å²) in [6.07, 6.45) is 0. The molecule has 0 radical (unpaired) electrons. The molecule has 1 aromatic heterocycles. The van der Waals surface area contributed by atoms with Crippen LogP contribution in [-0.2, 0) is 0 Å². The average molecular weight is 563 g/mol. The summed E-state index contributed by atoms with van der Waals surface area (Å²) in [6, 6.07) is 48.7. The van der Waals surface area contributed by atoms with Gasteiger partial charge in [-0.25, -0.2) is 9.97 Å². The van der Waals surface area contributed by atoms with E-state index in [0.29, 0.717) is 5.82 Å². The summed E-state index contributed by atoms with van der Waals surface area (Å²) >= 11 is 3.79. The Labute approximate surface area is 235 Å². The normalized spacial score (nSPS) is 11.2. The Morgan fingerprint density at radius 2 is 0.949 bits per heavy atom. The Hall–Kier alpha value is -4.60. The van der Waals surface area contributed by atoms with Crippen molar-refractivity contribution < 1.29 is 0 Å². The van der Waals surface area contributed by atoms with Gasteiger partial charge >= 0.3 is 0 Å². The van der Waals surface area contributed by atoms with Crippen molar-refractivity contribution in [2.75, 3.05) is 0 Å². The van der Waals surface area contributed by atoms with Crippen LogP contribution in [0.2, 0.25) is 0 Å². The predicted octanol–water partition coefficient (Wildman–Crippen LogP) is 10.2. The smallest absolute Gasteiger partial charge is 0.160 e. The molecule has 0 aliphatic carbocycles. The first-order valence-electron chi connectivity index (χ1n) is 12.9. The van der Waals surface area contributed by atoms with Crippen LogP contribution in [0.15, 0.2) is 144 Å². The summed E-state index contributed by atoms with van der Waals surface area (Å²) in [7, 11) is 0. The quantitative estimate of drug-likeness (QED) is 0.199. The maximum Gasteiger partial charge on any atom is 0.160 e. The second-order valence-corrected chi connectivity index (χ2v) is 10.5. The third kappa shape index (κ3) is 4.52. The minimum atomic E-state index is 0.697. The molecule has 0 N–H and O–H groups in total. The summed E-state index contributed by atoms with van der Waals surface area (Å²) in [5.74, 6) is 0.697. The second kappa shape index (κ2) is 9.94. The highest BCUT2D eigenvalue weighted by molar-refractivity contribution is 9.10. The number of halogens is 1. The first kappa shape index (κ1) is 23.5. The van der Waals surface area contributed by atoms with Crippen molar-refractivity contribution in [1.82, 2.24) is 9.97 Å². The van der Waals surface area contributed by atoms with Gasteiger partial charge in [0.2, 0.25) is 0 Å². The van der Waals surface area contributed by atoms with Crippen molar-refractivity contribution >= 4 is 37.5 Å². The van der Waals surface area contributed by atoms with E-state index >= 15 is 0 Å². The molecule has 1 heterocycles. The second-order valence-electron chi connectivity index (χ2n) is 9.61. The fourth-order valence-corrected chi connectivity index (χ4v) is 5.75. The molecule has 6 aromatic carbocycles. The largest absolute Gasteiger partial charge is 0.228 e. The van der Waals surface area contributed by atoms with Gasteiger partial charge in [-0.1, -0.05) is 125 Å². The van der Waals surface area contributed by atoms with Crippen molar-refractivity contribution in [3.63, 3.8) is 0 Å². The highest BCUT2D eigenvalue weighted by atomic mass is 79.9. The van der Waals surface area contributed by atoms with Gasteiger partial charge in [0.25, 0.3) is 0 Å². The van der Waals surface area contributed by atoms with E-state index in [-0.39, 0.29) is 0 Å². The molecule has 0 aliphatic heterocycles. The van der Waals surface area contributed by atoms with E-state index in [4.69, 9.17) is 9.97 Å². The Bertz CT molecular complexity index is 1910. The van der Waals surface area contributed by atoms with Gasteiger partial charge in [0, 0.05) is 21.2 Å². The van der Waals surface area contributed by atoms with Crippen molar-refractivity contribution in [1.29, 1.82) is 0 Å². The van der Waals surface area contributed by atoms with Crippen molar-refractivity contribution in [2.24, 2.45) is 0 Å². The zero-order valence-electron chi connectivity index (χ0n) is 21.1. The number of aromatic nitrogens is 2. The standard InChI is InChI=1S/C36H23BrN2/c37-29-20-27(33-22-26-15-7-8-16-30(26)31-17-9-10-18-32(31)33)19-28(21-29)36-38-34(24-11-3-1-4-12-24)23-35(39-36)25-13-5-2-6-14-25/h1-23H. The minimum absolute atomic E-state index is 0.697. The first-order valence-corrected chi connectivity index (χ1v) is 13.7. The molecule has 0 saturated carbocycles. The van der Waals surface area contributed by atoms with Gasteiger partial charge in [-0.15, -0.1) is 0 Å². The molecular weight excluding hydrogens is 540 g/mol. The molecular formula is C36H23BrN2. The van der Waals surface area contributed by atoms with E-state index in [2.05, 4.69) is 119 Å². The maximum atomic E-state index is 5.06. The van der Waals surface area contributed by atoms with E-state index < -0.39 is 0 Å². The van der Waals surface area contributed by atoms with E-state index in [9.17, 15) is 0 Å². The lowest BCUT2D eigenvalue weighted by Crippen LogP contribution is -1.96. The van der Waals surface area contributed by atoms with Gasteiger partial charge in [-0.3, -0.25) is 0 Å². The molecule has 184 valence electrons. The Morgan fingerprint density at radius 3 is 1.62 bits per heavy atom. The SMILES string of the molecule is Brc1cc(-c2nc(-c3ccccc3)cc(-c3ccccc3)n2)cc(-c2cc3ccccc3c3ccccc23)c1. The average Bonchev–Trinajstić information content (AvgIpc) is 3.01. The highest BCUT2D eigenvalue weighted by Gasteiger charge is 2.14. The highest BCUT2D eigenvalue weighted by Crippen LogP contribution is 2.38. The van der Waals surface area contributed by atoms with Crippen LogP contribution in [0, 0.1) is 0 Å². The lowest BCUT2D eigenvalue weighted by atomic mass is 9.92. The number of hydrogen-bond acceptors (Lipinski definition) is 2. The molecule has 0 amide bonds. The molecule has 39 heavy (non-hydrogen) atoms. The molecule has 0 aliphatic rings. The van der Waals surface area contributed by atoms with Crippen LogP contribution in [0.5, 0.6) is 0 Å². The van der Waals surface area contributed by atoms with Crippen LogP contribution in [-0.4, -0.2) is 9.97 Å². The molecule has 0 bridgehead atoms. The lowest BCUT2D eigenvalue weighted by Gasteiger charge is -2.14. The van der Waals surface area contributed by atoms with Gasteiger partial charge in [-0.2, -0.15) is 0 Å². The van der Waals surface area contributed by atoms with Crippen molar-refractivity contribution in [2.45, 2.75) is 0 Å². The monoisotopic (exact) mass is 562 g/mol. The Morgan fingerprint density at radius 1 is 0.410 bits per heavy atom. The van der Waals surface area contributed by atoms with Crippen LogP contribution in [0.25, 0.3) is 66.6 Å². The van der Waals surface area contributed by atoms with Gasteiger partial charge < -0.3 is 0 Å². The number of nitrogens with zero attached hydrogens (tertiary/aromatic N) is 2. The van der Waals surface area contributed by atoms with Gasteiger partial charge in [0.05, 0.1) is 11.4 Å². The first-order chi connectivity index (χ1) is 19.2. The van der Waals surface area contributed by atoms with Crippen molar-refractivity contribution in [3.05, 3.63) is 144 Å². The van der Waals surface area contributed by atoms with Gasteiger partial charge in [0.15, 0.2) is 5.82 Å². The molecule has 0 saturated heterocycles. The number of benzene rings is 6. The van der Waals surface area contributed by atoms with Crippen LogP contribution in [0.4, 0.5) is 0 Å². The van der Waals surface area contributed by atoms with E-state index in [1.807, 2.05) is 36.4 Å². The minimum Gasteiger partial charge on any atom is -0.228 e. The molecule has 0 unspecified atom stereocenters. The molecule has 3 heteroatoms. The third-order valence-corrected chi connectivity index (χ3v) is 7.56. The number of fused-ring (bicyclic) bond motifs is 3. The third-order valence-electron chi connectivity index (χ3n) is 7.10. The van der Waals surface area contributed by atoms with E-state index in [0.717, 1.165) is 38.1 Å².